The van der Waals surface area contributed by atoms with E-state index in [1.807, 2.05) is 24.3 Å². The molecule has 3 aromatic heterocycles. The summed E-state index contributed by atoms with van der Waals surface area (Å²) in [4.78, 5) is 41.4. The van der Waals surface area contributed by atoms with Gasteiger partial charge in [0.15, 0.2) is 0 Å². The second-order valence-electron chi connectivity index (χ2n) is 6.92. The van der Waals surface area contributed by atoms with Crippen LogP contribution in [0.4, 0.5) is 17.5 Å². The molecule has 0 saturated heterocycles. The van der Waals surface area contributed by atoms with Crippen LogP contribution in [0.3, 0.4) is 0 Å². The van der Waals surface area contributed by atoms with E-state index in [1.54, 1.807) is 30.5 Å². The van der Waals surface area contributed by atoms with E-state index in [1.165, 1.54) is 17.2 Å². The number of aromatic nitrogens is 5. The molecule has 0 spiro atoms. The van der Waals surface area contributed by atoms with Gasteiger partial charge in [0.05, 0.1) is 17.2 Å². The van der Waals surface area contributed by atoms with Crippen LogP contribution in [0.25, 0.3) is 10.9 Å². The van der Waals surface area contributed by atoms with Crippen molar-refractivity contribution in [1.29, 1.82) is 0 Å². The molecule has 0 fully saturated rings. The molecule has 0 unspecified atom stereocenters. The summed E-state index contributed by atoms with van der Waals surface area (Å²) in [7, 11) is 0. The lowest BCUT2D eigenvalue weighted by Crippen LogP contribution is -2.31. The van der Waals surface area contributed by atoms with Gasteiger partial charge >= 0.3 is 0 Å². The fourth-order valence-corrected chi connectivity index (χ4v) is 3.06. The number of carbonyl (C=O) groups excluding carboxylic acids is 1. The number of fused-ring (bicyclic) bond motifs is 1. The monoisotopic (exact) mass is 430 g/mol. The summed E-state index contributed by atoms with van der Waals surface area (Å²) in [6.07, 6.45) is 4.80. The van der Waals surface area contributed by atoms with Crippen molar-refractivity contribution in [3.63, 3.8) is 0 Å². The Morgan fingerprint density at radius 1 is 0.906 bits per heavy atom. The van der Waals surface area contributed by atoms with Crippen LogP contribution in [-0.4, -0.2) is 43.5 Å². The Labute approximate surface area is 183 Å². The second-order valence-corrected chi connectivity index (χ2v) is 6.92. The predicted molar refractivity (Wildman–Crippen MR) is 122 cm³/mol. The maximum Gasteiger partial charge on any atom is 0.261 e. The van der Waals surface area contributed by atoms with Gasteiger partial charge in [0.2, 0.25) is 5.91 Å². The fraction of sp³-hybridized carbons (Fsp3) is 0.182. The Morgan fingerprint density at radius 2 is 1.75 bits per heavy atom. The van der Waals surface area contributed by atoms with Crippen LogP contribution in [0.15, 0.2) is 72.2 Å². The number of nitrogens with one attached hydrogen (secondary N) is 3. The van der Waals surface area contributed by atoms with E-state index < -0.39 is 0 Å². The molecule has 4 rings (SSSR count). The standard InChI is InChI=1S/C22H22N8O2/c31-21(8-12-30-15-28-17-6-2-1-5-16(17)22(30)32)25-11-10-24-19-13-20(27-14-26-19)29-18-7-3-4-9-23-18/h1-7,9,13-15H,8,10-12H2,(H,25,31)(H2,23,24,26,27,29). The first-order valence-electron chi connectivity index (χ1n) is 10.1. The van der Waals surface area contributed by atoms with E-state index in [9.17, 15) is 9.59 Å². The minimum atomic E-state index is -0.149. The summed E-state index contributed by atoms with van der Waals surface area (Å²) in [6.45, 7) is 1.17. The molecular formula is C22H22N8O2. The SMILES string of the molecule is O=C(CCn1cnc2ccccc2c1=O)NCCNc1cc(Nc2ccccn2)ncn1. The fourth-order valence-electron chi connectivity index (χ4n) is 3.06. The average molecular weight is 430 g/mol. The van der Waals surface area contributed by atoms with Gasteiger partial charge < -0.3 is 16.0 Å². The van der Waals surface area contributed by atoms with Crippen molar-refractivity contribution in [2.45, 2.75) is 13.0 Å². The highest BCUT2D eigenvalue weighted by atomic mass is 16.1. The summed E-state index contributed by atoms with van der Waals surface area (Å²) in [5.74, 6) is 1.78. The number of rotatable bonds is 9. The molecule has 162 valence electrons. The van der Waals surface area contributed by atoms with Crippen molar-refractivity contribution in [1.82, 2.24) is 29.8 Å². The number of anilines is 3. The largest absolute Gasteiger partial charge is 0.368 e. The molecule has 0 atom stereocenters. The molecule has 10 heteroatoms. The average Bonchev–Trinajstić information content (AvgIpc) is 2.82. The molecule has 0 aliphatic heterocycles. The molecule has 1 amide bonds. The topological polar surface area (TPSA) is 127 Å². The predicted octanol–water partition coefficient (Wildman–Crippen LogP) is 1.94. The first-order valence-corrected chi connectivity index (χ1v) is 10.1. The Kier molecular flexibility index (Phi) is 6.61. The van der Waals surface area contributed by atoms with Crippen molar-refractivity contribution in [3.05, 3.63) is 77.7 Å². The Hall–Kier alpha value is -4.34. The molecule has 0 saturated carbocycles. The Morgan fingerprint density at radius 3 is 2.62 bits per heavy atom. The number of nitrogens with zero attached hydrogens (tertiary/aromatic N) is 5. The normalized spacial score (nSPS) is 10.6. The highest BCUT2D eigenvalue weighted by molar-refractivity contribution is 5.77. The molecule has 0 bridgehead atoms. The lowest BCUT2D eigenvalue weighted by atomic mass is 10.2. The van der Waals surface area contributed by atoms with E-state index in [0.717, 1.165) is 0 Å². The minimum absolute atomic E-state index is 0.146. The van der Waals surface area contributed by atoms with Crippen molar-refractivity contribution >= 4 is 34.3 Å². The van der Waals surface area contributed by atoms with Gasteiger partial charge in [-0.15, -0.1) is 0 Å². The van der Waals surface area contributed by atoms with E-state index in [0.29, 0.717) is 41.4 Å². The molecule has 0 radical (unpaired) electrons. The molecule has 3 N–H and O–H groups in total. The molecule has 4 aromatic rings. The molecule has 0 aliphatic carbocycles. The zero-order valence-electron chi connectivity index (χ0n) is 17.2. The van der Waals surface area contributed by atoms with Gasteiger partial charge in [0, 0.05) is 38.3 Å². The molecule has 10 nitrogen and oxygen atoms in total. The molecular weight excluding hydrogens is 408 g/mol. The van der Waals surface area contributed by atoms with Crippen molar-refractivity contribution in [2.24, 2.45) is 0 Å². The molecule has 0 aliphatic rings. The molecule has 1 aromatic carbocycles. The summed E-state index contributed by atoms with van der Waals surface area (Å²) in [5.41, 5.74) is 0.497. The third kappa shape index (κ3) is 5.42. The highest BCUT2D eigenvalue weighted by Crippen LogP contribution is 2.13. The Bertz CT molecular complexity index is 1260. The number of para-hydroxylation sites is 1. The van der Waals surface area contributed by atoms with Crippen LogP contribution in [0, 0.1) is 0 Å². The maximum absolute atomic E-state index is 12.5. The van der Waals surface area contributed by atoms with Gasteiger partial charge in [-0.25, -0.2) is 19.9 Å². The molecule has 32 heavy (non-hydrogen) atoms. The van der Waals surface area contributed by atoms with E-state index in [2.05, 4.69) is 35.9 Å². The summed E-state index contributed by atoms with van der Waals surface area (Å²) in [6, 6.07) is 14.5. The highest BCUT2D eigenvalue weighted by Gasteiger charge is 2.06. The van der Waals surface area contributed by atoms with Crippen molar-refractivity contribution < 1.29 is 4.79 Å². The third-order valence-corrected chi connectivity index (χ3v) is 4.65. The zero-order chi connectivity index (χ0) is 22.2. The van der Waals surface area contributed by atoms with Gasteiger partial charge in [-0.3, -0.25) is 14.2 Å². The van der Waals surface area contributed by atoms with Crippen LogP contribution >= 0.6 is 0 Å². The van der Waals surface area contributed by atoms with Gasteiger partial charge in [-0.1, -0.05) is 18.2 Å². The third-order valence-electron chi connectivity index (χ3n) is 4.65. The number of benzene rings is 1. The first-order chi connectivity index (χ1) is 15.7. The lowest BCUT2D eigenvalue weighted by Gasteiger charge is -2.10. The van der Waals surface area contributed by atoms with Crippen LogP contribution < -0.4 is 21.5 Å². The Balaban J connectivity index is 1.21. The number of hydrogen-bond donors (Lipinski definition) is 3. The van der Waals surface area contributed by atoms with Gasteiger partial charge in [0.25, 0.3) is 5.56 Å². The van der Waals surface area contributed by atoms with Crippen LogP contribution in [0.2, 0.25) is 0 Å². The minimum Gasteiger partial charge on any atom is -0.368 e. The lowest BCUT2D eigenvalue weighted by molar-refractivity contribution is -0.121. The van der Waals surface area contributed by atoms with Crippen molar-refractivity contribution in [3.8, 4) is 0 Å². The van der Waals surface area contributed by atoms with E-state index in [-0.39, 0.29) is 24.4 Å². The number of hydrogen-bond acceptors (Lipinski definition) is 8. The molecule has 3 heterocycles. The number of amides is 1. The zero-order valence-corrected chi connectivity index (χ0v) is 17.2. The first kappa shape index (κ1) is 20.9. The van der Waals surface area contributed by atoms with Gasteiger partial charge in [-0.2, -0.15) is 0 Å². The van der Waals surface area contributed by atoms with Crippen LogP contribution in [0.1, 0.15) is 6.42 Å². The summed E-state index contributed by atoms with van der Waals surface area (Å²) in [5, 5.41) is 9.60. The van der Waals surface area contributed by atoms with Gasteiger partial charge in [0.1, 0.15) is 23.8 Å². The van der Waals surface area contributed by atoms with E-state index >= 15 is 0 Å². The quantitative estimate of drug-likeness (QED) is 0.344. The number of carbonyl (C=O) groups is 1. The van der Waals surface area contributed by atoms with Crippen LogP contribution in [-0.2, 0) is 11.3 Å². The number of pyridine rings is 1. The van der Waals surface area contributed by atoms with E-state index in [4.69, 9.17) is 0 Å². The van der Waals surface area contributed by atoms with Crippen LogP contribution in [0.5, 0.6) is 0 Å². The maximum atomic E-state index is 12.5. The number of aryl methyl sites for hydroxylation is 1. The summed E-state index contributed by atoms with van der Waals surface area (Å²) >= 11 is 0. The van der Waals surface area contributed by atoms with Crippen molar-refractivity contribution in [2.75, 3.05) is 23.7 Å². The smallest absolute Gasteiger partial charge is 0.261 e. The second kappa shape index (κ2) is 10.1. The van der Waals surface area contributed by atoms with Gasteiger partial charge in [-0.05, 0) is 24.3 Å². The summed E-state index contributed by atoms with van der Waals surface area (Å²) < 4.78 is 1.46.